The average molecular weight is 255 g/mol. The van der Waals surface area contributed by atoms with Crippen molar-refractivity contribution in [2.45, 2.75) is 20.3 Å². The van der Waals surface area contributed by atoms with E-state index in [9.17, 15) is 10.1 Å². The van der Waals surface area contributed by atoms with Crippen LogP contribution in [-0.4, -0.2) is 11.5 Å². The molecule has 1 fully saturated rings. The molecule has 17 heavy (non-hydrogen) atoms. The van der Waals surface area contributed by atoms with Crippen LogP contribution >= 0.6 is 11.6 Å². The first-order valence-electron chi connectivity index (χ1n) is 5.58. The molecule has 1 atom stereocenters. The van der Waals surface area contributed by atoms with Crippen molar-refractivity contribution in [2.75, 3.05) is 11.9 Å². The van der Waals surface area contributed by atoms with Gasteiger partial charge in [-0.15, -0.1) is 0 Å². The van der Waals surface area contributed by atoms with Crippen LogP contribution in [0.4, 0.5) is 11.4 Å². The van der Waals surface area contributed by atoms with Gasteiger partial charge in [0, 0.05) is 12.6 Å². The highest BCUT2D eigenvalue weighted by atomic mass is 35.5. The molecule has 0 amide bonds. The van der Waals surface area contributed by atoms with Crippen LogP contribution in [0.15, 0.2) is 18.2 Å². The second kappa shape index (κ2) is 4.18. The van der Waals surface area contributed by atoms with Gasteiger partial charge < -0.3 is 5.32 Å². The van der Waals surface area contributed by atoms with Gasteiger partial charge in [0.1, 0.15) is 5.69 Å². The van der Waals surface area contributed by atoms with E-state index in [0.29, 0.717) is 22.0 Å². The Balaban J connectivity index is 2.12. The molecule has 0 radical (unpaired) electrons. The molecule has 0 heterocycles. The summed E-state index contributed by atoms with van der Waals surface area (Å²) >= 11 is 5.98. The van der Waals surface area contributed by atoms with Crippen molar-refractivity contribution in [2.24, 2.45) is 11.3 Å². The van der Waals surface area contributed by atoms with Gasteiger partial charge in [-0.3, -0.25) is 10.1 Å². The molecule has 1 aromatic rings. The lowest BCUT2D eigenvalue weighted by molar-refractivity contribution is -0.383. The van der Waals surface area contributed by atoms with Crippen molar-refractivity contribution in [3.8, 4) is 0 Å². The minimum Gasteiger partial charge on any atom is -0.378 e. The molecule has 2 rings (SSSR count). The van der Waals surface area contributed by atoms with E-state index in [1.807, 2.05) is 0 Å². The summed E-state index contributed by atoms with van der Waals surface area (Å²) in [5, 5.41) is 14.4. The summed E-state index contributed by atoms with van der Waals surface area (Å²) < 4.78 is 0. The Labute approximate surface area is 105 Å². The number of benzene rings is 1. The van der Waals surface area contributed by atoms with Gasteiger partial charge in [-0.25, -0.2) is 0 Å². The van der Waals surface area contributed by atoms with E-state index in [1.165, 1.54) is 6.07 Å². The average Bonchev–Trinajstić information content (AvgIpc) is 2.84. The lowest BCUT2D eigenvalue weighted by Gasteiger charge is -2.09. The largest absolute Gasteiger partial charge is 0.378 e. The van der Waals surface area contributed by atoms with E-state index in [4.69, 9.17) is 11.6 Å². The second-order valence-corrected chi connectivity index (χ2v) is 5.57. The summed E-state index contributed by atoms with van der Waals surface area (Å²) in [5.41, 5.74) is 0.820. The monoisotopic (exact) mass is 254 g/mol. The van der Waals surface area contributed by atoms with Crippen LogP contribution in [0.5, 0.6) is 0 Å². The Morgan fingerprint density at radius 1 is 1.59 bits per heavy atom. The molecule has 0 bridgehead atoms. The van der Waals surface area contributed by atoms with Gasteiger partial charge in [0.05, 0.1) is 9.95 Å². The first-order valence-corrected chi connectivity index (χ1v) is 5.96. The topological polar surface area (TPSA) is 55.2 Å². The second-order valence-electron chi connectivity index (χ2n) is 5.16. The molecule has 4 nitrogen and oxygen atoms in total. The Morgan fingerprint density at radius 2 is 2.24 bits per heavy atom. The van der Waals surface area contributed by atoms with Crippen molar-refractivity contribution >= 4 is 23.0 Å². The number of hydrogen-bond acceptors (Lipinski definition) is 3. The molecule has 1 aromatic carbocycles. The zero-order valence-corrected chi connectivity index (χ0v) is 10.6. The lowest BCUT2D eigenvalue weighted by Crippen LogP contribution is -2.09. The van der Waals surface area contributed by atoms with Crippen molar-refractivity contribution < 1.29 is 4.92 Å². The Kier molecular flexibility index (Phi) is 3.00. The number of nitrogens with one attached hydrogen (secondary N) is 1. The van der Waals surface area contributed by atoms with Crippen LogP contribution in [0, 0.1) is 21.4 Å². The molecule has 92 valence electrons. The Morgan fingerprint density at radius 3 is 2.76 bits per heavy atom. The maximum atomic E-state index is 10.9. The van der Waals surface area contributed by atoms with E-state index in [0.717, 1.165) is 13.0 Å². The number of halogens is 1. The SMILES string of the molecule is CC1(C)CC1CNc1c(Cl)cccc1[N+](=O)[O-]. The summed E-state index contributed by atoms with van der Waals surface area (Å²) in [4.78, 5) is 10.5. The smallest absolute Gasteiger partial charge is 0.293 e. The van der Waals surface area contributed by atoms with E-state index in [1.54, 1.807) is 12.1 Å². The van der Waals surface area contributed by atoms with Crippen LogP contribution < -0.4 is 5.32 Å². The number of nitrogens with zero attached hydrogens (tertiary/aromatic N) is 1. The summed E-state index contributed by atoms with van der Waals surface area (Å²) in [5.74, 6) is 0.568. The third kappa shape index (κ3) is 2.52. The molecule has 1 unspecified atom stereocenters. The minimum absolute atomic E-state index is 0.0379. The Hall–Kier alpha value is -1.29. The molecular weight excluding hydrogens is 240 g/mol. The van der Waals surface area contributed by atoms with Crippen LogP contribution in [0.3, 0.4) is 0 Å². The van der Waals surface area contributed by atoms with Crippen LogP contribution in [0.25, 0.3) is 0 Å². The van der Waals surface area contributed by atoms with Gasteiger partial charge in [0.2, 0.25) is 0 Å². The van der Waals surface area contributed by atoms with E-state index >= 15 is 0 Å². The predicted molar refractivity (Wildman–Crippen MR) is 68.5 cm³/mol. The number of anilines is 1. The van der Waals surface area contributed by atoms with E-state index in [2.05, 4.69) is 19.2 Å². The fraction of sp³-hybridized carbons (Fsp3) is 0.500. The molecule has 1 aliphatic rings. The van der Waals surface area contributed by atoms with Crippen LogP contribution in [-0.2, 0) is 0 Å². The first kappa shape index (κ1) is 12.2. The quantitative estimate of drug-likeness (QED) is 0.658. The standard InChI is InChI=1S/C12H15ClN2O2/c1-12(2)6-8(12)7-14-11-9(13)4-3-5-10(11)15(16)17/h3-5,8,14H,6-7H2,1-2H3. The van der Waals surface area contributed by atoms with Gasteiger partial charge in [0.25, 0.3) is 5.69 Å². The minimum atomic E-state index is -0.410. The van der Waals surface area contributed by atoms with Crippen molar-refractivity contribution in [3.63, 3.8) is 0 Å². The number of rotatable bonds is 4. The molecule has 1 aliphatic carbocycles. The zero-order chi connectivity index (χ0) is 12.6. The maximum absolute atomic E-state index is 10.9. The molecule has 1 saturated carbocycles. The number of nitro benzene ring substituents is 1. The molecule has 1 N–H and O–H groups in total. The summed E-state index contributed by atoms with van der Waals surface area (Å²) in [6.45, 7) is 5.12. The third-order valence-electron chi connectivity index (χ3n) is 3.43. The first-order chi connectivity index (χ1) is 7.92. The van der Waals surface area contributed by atoms with Crippen molar-refractivity contribution in [1.29, 1.82) is 0 Å². The van der Waals surface area contributed by atoms with Crippen molar-refractivity contribution in [3.05, 3.63) is 33.3 Å². The zero-order valence-electron chi connectivity index (χ0n) is 9.87. The van der Waals surface area contributed by atoms with Gasteiger partial charge in [0.15, 0.2) is 0 Å². The molecule has 0 spiro atoms. The van der Waals surface area contributed by atoms with Gasteiger partial charge in [-0.2, -0.15) is 0 Å². The highest BCUT2D eigenvalue weighted by Gasteiger charge is 2.45. The number of nitro groups is 1. The van der Waals surface area contributed by atoms with Crippen LogP contribution in [0.1, 0.15) is 20.3 Å². The molecule has 0 aromatic heterocycles. The summed E-state index contributed by atoms with van der Waals surface area (Å²) in [6, 6.07) is 4.72. The normalized spacial score (nSPS) is 21.0. The number of para-hydroxylation sites is 1. The molecule has 0 aliphatic heterocycles. The van der Waals surface area contributed by atoms with Crippen LogP contribution in [0.2, 0.25) is 5.02 Å². The van der Waals surface area contributed by atoms with E-state index in [-0.39, 0.29) is 5.69 Å². The van der Waals surface area contributed by atoms with E-state index < -0.39 is 4.92 Å². The lowest BCUT2D eigenvalue weighted by atomic mass is 10.1. The van der Waals surface area contributed by atoms with Gasteiger partial charge in [-0.05, 0) is 23.8 Å². The Bertz CT molecular complexity index is 460. The van der Waals surface area contributed by atoms with Crippen molar-refractivity contribution in [1.82, 2.24) is 0 Å². The molecular formula is C12H15ClN2O2. The summed E-state index contributed by atoms with van der Waals surface area (Å²) in [6.07, 6.45) is 1.15. The van der Waals surface area contributed by atoms with Gasteiger partial charge in [-0.1, -0.05) is 31.5 Å². The molecule has 5 heteroatoms. The fourth-order valence-corrected chi connectivity index (χ4v) is 2.23. The third-order valence-corrected chi connectivity index (χ3v) is 3.75. The predicted octanol–water partition coefficient (Wildman–Crippen LogP) is 3.71. The fourth-order valence-electron chi connectivity index (χ4n) is 1.99. The highest BCUT2D eigenvalue weighted by Crippen LogP contribution is 2.51. The number of hydrogen-bond donors (Lipinski definition) is 1. The maximum Gasteiger partial charge on any atom is 0.293 e. The van der Waals surface area contributed by atoms with Gasteiger partial charge >= 0.3 is 0 Å². The summed E-state index contributed by atoms with van der Waals surface area (Å²) in [7, 11) is 0. The molecule has 0 saturated heterocycles. The highest BCUT2D eigenvalue weighted by molar-refractivity contribution is 6.33.